The third-order valence-electron chi connectivity index (χ3n) is 4.12. The Hall–Kier alpha value is -2.20. The highest BCUT2D eigenvalue weighted by atomic mass is 15.1. The standard InChI is InChI=1S/C16H16N4/c1-20-15-6-7-17-10-14(15)19-16(20)13-9-18-8-11-4-2-3-5-12(11)13/h2-7,10,13,18H,8-9H2,1H3. The first-order valence-electron chi connectivity index (χ1n) is 6.89. The summed E-state index contributed by atoms with van der Waals surface area (Å²) >= 11 is 0. The molecule has 3 heterocycles. The number of nitrogens with zero attached hydrogens (tertiary/aromatic N) is 3. The molecule has 0 radical (unpaired) electrons. The maximum Gasteiger partial charge on any atom is 0.118 e. The topological polar surface area (TPSA) is 42.7 Å². The van der Waals surface area contributed by atoms with Crippen molar-refractivity contribution < 1.29 is 0 Å². The van der Waals surface area contributed by atoms with Gasteiger partial charge in [-0.1, -0.05) is 24.3 Å². The first-order chi connectivity index (χ1) is 9.84. The van der Waals surface area contributed by atoms with Crippen molar-refractivity contribution in [3.8, 4) is 0 Å². The smallest absolute Gasteiger partial charge is 0.118 e. The minimum absolute atomic E-state index is 0.303. The molecule has 1 unspecified atom stereocenters. The predicted molar refractivity (Wildman–Crippen MR) is 78.5 cm³/mol. The molecule has 1 aliphatic rings. The Morgan fingerprint density at radius 1 is 1.25 bits per heavy atom. The highest BCUT2D eigenvalue weighted by Crippen LogP contribution is 2.30. The molecule has 4 rings (SSSR count). The number of aryl methyl sites for hydroxylation is 1. The average Bonchev–Trinajstić information content (AvgIpc) is 2.84. The summed E-state index contributed by atoms with van der Waals surface area (Å²) < 4.78 is 2.19. The third kappa shape index (κ3) is 1.65. The van der Waals surface area contributed by atoms with E-state index in [0.29, 0.717) is 5.92 Å². The van der Waals surface area contributed by atoms with Crippen LogP contribution in [0.5, 0.6) is 0 Å². The van der Waals surface area contributed by atoms with Crippen LogP contribution in [0.2, 0.25) is 0 Å². The van der Waals surface area contributed by atoms with Gasteiger partial charge in [-0.3, -0.25) is 4.98 Å². The molecule has 1 aromatic carbocycles. The molecule has 0 fully saturated rings. The Labute approximate surface area is 117 Å². The predicted octanol–water partition coefficient (Wildman–Crippen LogP) is 2.20. The minimum Gasteiger partial charge on any atom is -0.330 e. The summed E-state index contributed by atoms with van der Waals surface area (Å²) in [7, 11) is 2.09. The summed E-state index contributed by atoms with van der Waals surface area (Å²) in [5, 5.41) is 3.49. The van der Waals surface area contributed by atoms with Crippen molar-refractivity contribution in [2.24, 2.45) is 7.05 Å². The molecule has 1 atom stereocenters. The van der Waals surface area contributed by atoms with Gasteiger partial charge in [0.25, 0.3) is 0 Å². The largest absolute Gasteiger partial charge is 0.330 e. The molecule has 100 valence electrons. The van der Waals surface area contributed by atoms with Crippen LogP contribution >= 0.6 is 0 Å². The Bertz CT molecular complexity index is 775. The van der Waals surface area contributed by atoms with E-state index in [-0.39, 0.29) is 0 Å². The Morgan fingerprint density at radius 3 is 3.05 bits per heavy atom. The number of hydrogen-bond acceptors (Lipinski definition) is 3. The zero-order valence-corrected chi connectivity index (χ0v) is 11.4. The lowest BCUT2D eigenvalue weighted by Crippen LogP contribution is -2.30. The van der Waals surface area contributed by atoms with Gasteiger partial charge in [-0.05, 0) is 17.2 Å². The fourth-order valence-corrected chi connectivity index (χ4v) is 3.11. The minimum atomic E-state index is 0.303. The fraction of sp³-hybridized carbons (Fsp3) is 0.250. The number of nitrogens with one attached hydrogen (secondary N) is 1. The number of benzene rings is 1. The van der Waals surface area contributed by atoms with Crippen LogP contribution in [0.3, 0.4) is 0 Å². The van der Waals surface area contributed by atoms with E-state index in [9.17, 15) is 0 Å². The van der Waals surface area contributed by atoms with Crippen molar-refractivity contribution in [1.29, 1.82) is 0 Å². The highest BCUT2D eigenvalue weighted by molar-refractivity contribution is 5.74. The number of aromatic nitrogens is 3. The molecule has 0 saturated heterocycles. The zero-order valence-electron chi connectivity index (χ0n) is 11.4. The molecule has 3 aromatic rings. The Balaban J connectivity index is 1.90. The SMILES string of the molecule is Cn1c(C2CNCc3ccccc32)nc2cnccc21. The van der Waals surface area contributed by atoms with Crippen LogP contribution in [0.1, 0.15) is 22.9 Å². The fourth-order valence-electron chi connectivity index (χ4n) is 3.11. The van der Waals surface area contributed by atoms with E-state index in [1.807, 2.05) is 18.5 Å². The number of fused-ring (bicyclic) bond motifs is 2. The second-order valence-corrected chi connectivity index (χ2v) is 5.28. The van der Waals surface area contributed by atoms with Crippen LogP contribution in [-0.2, 0) is 13.6 Å². The number of rotatable bonds is 1. The van der Waals surface area contributed by atoms with Gasteiger partial charge < -0.3 is 9.88 Å². The van der Waals surface area contributed by atoms with Gasteiger partial charge >= 0.3 is 0 Å². The van der Waals surface area contributed by atoms with Crippen LogP contribution in [-0.4, -0.2) is 21.1 Å². The van der Waals surface area contributed by atoms with Crippen molar-refractivity contribution in [3.05, 3.63) is 59.7 Å². The van der Waals surface area contributed by atoms with E-state index in [0.717, 1.165) is 29.9 Å². The number of hydrogen-bond donors (Lipinski definition) is 1. The quantitative estimate of drug-likeness (QED) is 0.732. The molecule has 0 bridgehead atoms. The maximum absolute atomic E-state index is 4.80. The number of imidazole rings is 1. The van der Waals surface area contributed by atoms with Crippen molar-refractivity contribution in [2.45, 2.75) is 12.5 Å². The van der Waals surface area contributed by atoms with Gasteiger partial charge in [0.1, 0.15) is 11.3 Å². The first-order valence-corrected chi connectivity index (χ1v) is 6.89. The molecular weight excluding hydrogens is 248 g/mol. The molecule has 0 spiro atoms. The van der Waals surface area contributed by atoms with Crippen molar-refractivity contribution >= 4 is 11.0 Å². The Kier molecular flexibility index (Phi) is 2.57. The van der Waals surface area contributed by atoms with Gasteiger partial charge in [0, 0.05) is 26.3 Å². The van der Waals surface area contributed by atoms with E-state index in [4.69, 9.17) is 4.98 Å². The first kappa shape index (κ1) is 11.6. The maximum atomic E-state index is 4.80. The molecule has 0 saturated carbocycles. The normalized spacial score (nSPS) is 18.1. The van der Waals surface area contributed by atoms with Gasteiger partial charge in [-0.15, -0.1) is 0 Å². The van der Waals surface area contributed by atoms with Gasteiger partial charge in [0.05, 0.1) is 17.6 Å². The van der Waals surface area contributed by atoms with Crippen molar-refractivity contribution in [2.75, 3.05) is 6.54 Å². The van der Waals surface area contributed by atoms with E-state index < -0.39 is 0 Å². The van der Waals surface area contributed by atoms with E-state index in [2.05, 4.69) is 46.2 Å². The van der Waals surface area contributed by atoms with E-state index in [1.54, 1.807) is 0 Å². The van der Waals surface area contributed by atoms with E-state index >= 15 is 0 Å². The van der Waals surface area contributed by atoms with Crippen LogP contribution in [0.25, 0.3) is 11.0 Å². The van der Waals surface area contributed by atoms with Gasteiger partial charge in [0.2, 0.25) is 0 Å². The summed E-state index contributed by atoms with van der Waals surface area (Å²) in [6, 6.07) is 10.6. The van der Waals surface area contributed by atoms with Crippen molar-refractivity contribution in [3.63, 3.8) is 0 Å². The monoisotopic (exact) mass is 264 g/mol. The van der Waals surface area contributed by atoms with Crippen LogP contribution < -0.4 is 5.32 Å². The number of pyridine rings is 1. The molecule has 4 nitrogen and oxygen atoms in total. The zero-order chi connectivity index (χ0) is 13.5. The molecule has 20 heavy (non-hydrogen) atoms. The lowest BCUT2D eigenvalue weighted by Gasteiger charge is -2.26. The van der Waals surface area contributed by atoms with Crippen LogP contribution in [0.4, 0.5) is 0 Å². The summed E-state index contributed by atoms with van der Waals surface area (Å²) in [6.45, 7) is 1.87. The lowest BCUT2D eigenvalue weighted by atomic mass is 9.90. The lowest BCUT2D eigenvalue weighted by molar-refractivity contribution is 0.562. The van der Waals surface area contributed by atoms with Gasteiger partial charge in [-0.25, -0.2) is 4.98 Å². The van der Waals surface area contributed by atoms with Gasteiger partial charge in [-0.2, -0.15) is 0 Å². The summed E-state index contributed by atoms with van der Waals surface area (Å²) in [5.74, 6) is 1.41. The highest BCUT2D eigenvalue weighted by Gasteiger charge is 2.25. The Morgan fingerprint density at radius 2 is 2.15 bits per heavy atom. The molecule has 4 heteroatoms. The van der Waals surface area contributed by atoms with Crippen molar-refractivity contribution in [1.82, 2.24) is 19.9 Å². The van der Waals surface area contributed by atoms with E-state index in [1.165, 1.54) is 11.1 Å². The summed E-state index contributed by atoms with van der Waals surface area (Å²) in [6.07, 6.45) is 3.65. The molecular formula is C16H16N4. The third-order valence-corrected chi connectivity index (χ3v) is 4.12. The molecule has 1 aliphatic heterocycles. The molecule has 0 aliphatic carbocycles. The average molecular weight is 264 g/mol. The van der Waals surface area contributed by atoms with Crippen LogP contribution in [0.15, 0.2) is 42.7 Å². The molecule has 0 amide bonds. The molecule has 1 N–H and O–H groups in total. The molecule has 2 aromatic heterocycles. The van der Waals surface area contributed by atoms with Gasteiger partial charge in [0.15, 0.2) is 0 Å². The second-order valence-electron chi connectivity index (χ2n) is 5.28. The van der Waals surface area contributed by atoms with Crippen LogP contribution in [0, 0.1) is 0 Å². The summed E-state index contributed by atoms with van der Waals surface area (Å²) in [5.41, 5.74) is 4.86. The summed E-state index contributed by atoms with van der Waals surface area (Å²) in [4.78, 5) is 8.96. The second kappa shape index (κ2) is 4.42.